The molecule has 8 nitrogen and oxygen atoms in total. The molecule has 1 heterocycles. The molecule has 4 rings (SSSR count). The van der Waals surface area contributed by atoms with Crippen molar-refractivity contribution in [1.82, 2.24) is 15.6 Å². The van der Waals surface area contributed by atoms with Gasteiger partial charge in [0.05, 0.1) is 6.04 Å². The minimum atomic E-state index is -4.85. The Kier molecular flexibility index (Phi) is 7.51. The number of fused-ring (bicyclic) bond motifs is 1. The van der Waals surface area contributed by atoms with Crippen molar-refractivity contribution in [1.29, 1.82) is 0 Å². The first-order valence-electron chi connectivity index (χ1n) is 12.0. The standard InChI is InChI=1S/C26H26F3N3O5/c1-2-18(21(33)23-30-19-8-4-5-9-20(19)36-23)31-24(35)25(14-6-3-7-15-25)32-22(34)16-10-12-17(13-11-16)37-26(27,28)29/h4-5,8-13,18H,2-3,6-7,14-15H2,1H3,(H,31,35)(H,32,34)/t18-/m0/s1. The highest BCUT2D eigenvalue weighted by Crippen LogP contribution is 2.30. The summed E-state index contributed by atoms with van der Waals surface area (Å²) in [6.45, 7) is 1.74. The Bertz CT molecular complexity index is 1250. The molecular formula is C26H26F3N3O5. The number of oxazole rings is 1. The topological polar surface area (TPSA) is 111 Å². The van der Waals surface area contributed by atoms with Crippen LogP contribution in [0, 0.1) is 0 Å². The molecule has 1 atom stereocenters. The van der Waals surface area contributed by atoms with Gasteiger partial charge in [0.1, 0.15) is 16.8 Å². The Morgan fingerprint density at radius 1 is 1.05 bits per heavy atom. The molecule has 0 aliphatic heterocycles. The average Bonchev–Trinajstić information content (AvgIpc) is 3.31. The van der Waals surface area contributed by atoms with Crippen molar-refractivity contribution in [2.75, 3.05) is 0 Å². The summed E-state index contributed by atoms with van der Waals surface area (Å²) in [6, 6.07) is 10.4. The zero-order valence-electron chi connectivity index (χ0n) is 20.1. The smallest absolute Gasteiger partial charge is 0.434 e. The van der Waals surface area contributed by atoms with E-state index < -0.39 is 41.3 Å². The van der Waals surface area contributed by atoms with Crippen molar-refractivity contribution < 1.29 is 36.7 Å². The van der Waals surface area contributed by atoms with Gasteiger partial charge in [-0.1, -0.05) is 38.3 Å². The summed E-state index contributed by atoms with van der Waals surface area (Å²) in [6.07, 6.45) is -1.62. The maximum absolute atomic E-state index is 13.5. The van der Waals surface area contributed by atoms with Gasteiger partial charge in [0, 0.05) is 5.56 Å². The molecule has 0 spiro atoms. The summed E-state index contributed by atoms with van der Waals surface area (Å²) in [4.78, 5) is 43.8. The number of hydrogen-bond donors (Lipinski definition) is 2. The largest absolute Gasteiger partial charge is 0.573 e. The number of para-hydroxylation sites is 2. The highest BCUT2D eigenvalue weighted by molar-refractivity contribution is 6.03. The highest BCUT2D eigenvalue weighted by Gasteiger charge is 2.42. The molecule has 2 N–H and O–H groups in total. The minimum Gasteiger partial charge on any atom is -0.434 e. The van der Waals surface area contributed by atoms with Crippen LogP contribution in [0.15, 0.2) is 52.9 Å². The number of rotatable bonds is 8. The van der Waals surface area contributed by atoms with Crippen LogP contribution in [-0.2, 0) is 4.79 Å². The van der Waals surface area contributed by atoms with E-state index in [1.54, 1.807) is 31.2 Å². The predicted octanol–water partition coefficient (Wildman–Crippen LogP) is 4.94. The van der Waals surface area contributed by atoms with Gasteiger partial charge in [-0.25, -0.2) is 4.98 Å². The molecule has 196 valence electrons. The number of nitrogens with one attached hydrogen (secondary N) is 2. The lowest BCUT2D eigenvalue weighted by Gasteiger charge is -2.37. The first kappa shape index (κ1) is 26.2. The Labute approximate surface area is 210 Å². The molecule has 37 heavy (non-hydrogen) atoms. The van der Waals surface area contributed by atoms with Crippen molar-refractivity contribution in [3.63, 3.8) is 0 Å². The molecule has 3 aromatic rings. The van der Waals surface area contributed by atoms with Crippen LogP contribution in [0.2, 0.25) is 0 Å². The van der Waals surface area contributed by atoms with Crippen LogP contribution in [0.5, 0.6) is 5.75 Å². The van der Waals surface area contributed by atoms with E-state index in [4.69, 9.17) is 4.42 Å². The number of amides is 2. The van der Waals surface area contributed by atoms with Crippen molar-refractivity contribution in [3.8, 4) is 5.75 Å². The van der Waals surface area contributed by atoms with E-state index in [2.05, 4.69) is 20.4 Å². The van der Waals surface area contributed by atoms with Gasteiger partial charge in [-0.3, -0.25) is 14.4 Å². The van der Waals surface area contributed by atoms with Crippen molar-refractivity contribution in [3.05, 3.63) is 60.0 Å². The number of ether oxygens (including phenoxy) is 1. The fourth-order valence-electron chi connectivity index (χ4n) is 4.44. The number of Topliss-reactive ketones (excluding diaryl/α,β-unsaturated/α-hetero) is 1. The lowest BCUT2D eigenvalue weighted by Crippen LogP contribution is -2.61. The van der Waals surface area contributed by atoms with Gasteiger partial charge >= 0.3 is 6.36 Å². The fraction of sp³-hybridized carbons (Fsp3) is 0.385. The summed E-state index contributed by atoms with van der Waals surface area (Å²) in [5.74, 6) is -2.18. The molecule has 11 heteroatoms. The molecule has 0 bridgehead atoms. The zero-order chi connectivity index (χ0) is 26.6. The Hall–Kier alpha value is -3.89. The van der Waals surface area contributed by atoms with Crippen LogP contribution in [0.3, 0.4) is 0 Å². The Morgan fingerprint density at radius 2 is 1.73 bits per heavy atom. The molecule has 0 radical (unpaired) electrons. The summed E-state index contributed by atoms with van der Waals surface area (Å²) in [5.41, 5.74) is -0.225. The van der Waals surface area contributed by atoms with E-state index in [0.717, 1.165) is 18.6 Å². The lowest BCUT2D eigenvalue weighted by molar-refractivity contribution is -0.274. The molecule has 1 aromatic heterocycles. The van der Waals surface area contributed by atoms with Crippen LogP contribution in [0.25, 0.3) is 11.1 Å². The predicted molar refractivity (Wildman–Crippen MR) is 127 cm³/mol. The van der Waals surface area contributed by atoms with E-state index in [0.29, 0.717) is 36.8 Å². The maximum Gasteiger partial charge on any atom is 0.573 e. The molecule has 1 aliphatic rings. The molecule has 2 aromatic carbocycles. The van der Waals surface area contributed by atoms with E-state index in [1.807, 2.05) is 0 Å². The highest BCUT2D eigenvalue weighted by atomic mass is 19.4. The number of benzene rings is 2. The molecule has 2 amide bonds. The summed E-state index contributed by atoms with van der Waals surface area (Å²) in [7, 11) is 0. The summed E-state index contributed by atoms with van der Waals surface area (Å²) >= 11 is 0. The summed E-state index contributed by atoms with van der Waals surface area (Å²) in [5, 5.41) is 5.54. The lowest BCUT2D eigenvalue weighted by atomic mass is 9.80. The molecule has 0 saturated heterocycles. The minimum absolute atomic E-state index is 0.0712. The van der Waals surface area contributed by atoms with Crippen molar-refractivity contribution in [2.24, 2.45) is 0 Å². The number of halogens is 3. The van der Waals surface area contributed by atoms with Crippen LogP contribution in [-0.4, -0.2) is 40.5 Å². The van der Waals surface area contributed by atoms with Crippen LogP contribution < -0.4 is 15.4 Å². The SMILES string of the molecule is CC[C@H](NC(=O)C1(NC(=O)c2ccc(OC(F)(F)F)cc2)CCCCC1)C(=O)c1nc2ccccc2o1. The van der Waals surface area contributed by atoms with E-state index in [-0.39, 0.29) is 17.9 Å². The van der Waals surface area contributed by atoms with Gasteiger partial charge in [0.15, 0.2) is 5.58 Å². The van der Waals surface area contributed by atoms with Gasteiger partial charge in [0.2, 0.25) is 11.7 Å². The van der Waals surface area contributed by atoms with Gasteiger partial charge in [-0.15, -0.1) is 13.2 Å². The summed E-state index contributed by atoms with van der Waals surface area (Å²) < 4.78 is 46.7. The number of aromatic nitrogens is 1. The number of carbonyl (C=O) groups is 3. The number of hydrogen-bond acceptors (Lipinski definition) is 6. The second-order valence-electron chi connectivity index (χ2n) is 8.95. The first-order valence-corrected chi connectivity index (χ1v) is 12.0. The Morgan fingerprint density at radius 3 is 2.35 bits per heavy atom. The number of alkyl halides is 3. The fourth-order valence-corrected chi connectivity index (χ4v) is 4.44. The Balaban J connectivity index is 1.49. The number of carbonyl (C=O) groups excluding carboxylic acids is 3. The second-order valence-corrected chi connectivity index (χ2v) is 8.95. The monoisotopic (exact) mass is 517 g/mol. The molecule has 1 aliphatic carbocycles. The molecule has 1 fully saturated rings. The zero-order valence-corrected chi connectivity index (χ0v) is 20.1. The maximum atomic E-state index is 13.5. The van der Waals surface area contributed by atoms with E-state index >= 15 is 0 Å². The van der Waals surface area contributed by atoms with Gasteiger partial charge in [0.25, 0.3) is 11.8 Å². The van der Waals surface area contributed by atoms with Crippen molar-refractivity contribution in [2.45, 2.75) is 63.4 Å². The van der Waals surface area contributed by atoms with Gasteiger partial charge in [-0.05, 0) is 55.7 Å². The van der Waals surface area contributed by atoms with Crippen molar-refractivity contribution >= 4 is 28.7 Å². The first-order chi connectivity index (χ1) is 17.6. The number of ketones is 1. The van der Waals surface area contributed by atoms with Crippen LogP contribution >= 0.6 is 0 Å². The van der Waals surface area contributed by atoms with Crippen LogP contribution in [0.4, 0.5) is 13.2 Å². The normalized spacial score (nSPS) is 16.1. The third kappa shape index (κ3) is 6.10. The quantitative estimate of drug-likeness (QED) is 0.410. The third-order valence-corrected chi connectivity index (χ3v) is 6.38. The molecular weight excluding hydrogens is 491 g/mol. The number of nitrogens with zero attached hydrogens (tertiary/aromatic N) is 1. The van der Waals surface area contributed by atoms with E-state index in [9.17, 15) is 27.6 Å². The van der Waals surface area contributed by atoms with Gasteiger partial charge in [-0.2, -0.15) is 0 Å². The molecule has 1 saturated carbocycles. The second kappa shape index (κ2) is 10.6. The van der Waals surface area contributed by atoms with E-state index in [1.165, 1.54) is 12.1 Å². The molecule has 0 unspecified atom stereocenters. The third-order valence-electron chi connectivity index (χ3n) is 6.38. The average molecular weight is 518 g/mol. The van der Waals surface area contributed by atoms with Gasteiger partial charge < -0.3 is 19.8 Å². The van der Waals surface area contributed by atoms with Crippen LogP contribution in [0.1, 0.15) is 66.5 Å².